The van der Waals surface area contributed by atoms with Crippen LogP contribution in [0.5, 0.6) is 0 Å². The lowest BCUT2D eigenvalue weighted by Gasteiger charge is -2.21. The molecule has 19 heavy (non-hydrogen) atoms. The van der Waals surface area contributed by atoms with Crippen LogP contribution in [0.2, 0.25) is 10.0 Å². The zero-order chi connectivity index (χ0) is 14.2. The predicted molar refractivity (Wildman–Crippen MR) is 78.1 cm³/mol. The van der Waals surface area contributed by atoms with Crippen LogP contribution >= 0.6 is 23.2 Å². The fraction of sp³-hybridized carbons (Fsp3) is 0.286. The van der Waals surface area contributed by atoms with Crippen LogP contribution in [-0.2, 0) is 0 Å². The maximum atomic E-state index is 13.5. The zero-order valence-electron chi connectivity index (χ0n) is 11.0. The van der Waals surface area contributed by atoms with Gasteiger partial charge < -0.3 is 5.43 Å². The Balaban J connectivity index is 2.30. The van der Waals surface area contributed by atoms with Crippen molar-refractivity contribution in [2.45, 2.75) is 26.8 Å². The van der Waals surface area contributed by atoms with Crippen molar-refractivity contribution in [3.63, 3.8) is 0 Å². The van der Waals surface area contributed by atoms with Gasteiger partial charge in [0, 0.05) is 16.4 Å². The van der Waals surface area contributed by atoms with E-state index in [0.717, 1.165) is 11.4 Å². The Bertz CT molecular complexity index is 588. The predicted octanol–water partition coefficient (Wildman–Crippen LogP) is 4.86. The Morgan fingerprint density at radius 2 is 1.68 bits per heavy atom. The van der Waals surface area contributed by atoms with Gasteiger partial charge in [0.25, 0.3) is 0 Å². The molecule has 0 radical (unpaired) electrons. The van der Waals surface area contributed by atoms with E-state index in [-0.39, 0.29) is 11.1 Å². The first kappa shape index (κ1) is 14.2. The van der Waals surface area contributed by atoms with Crippen molar-refractivity contribution < 1.29 is 4.39 Å². The van der Waals surface area contributed by atoms with E-state index in [9.17, 15) is 4.39 Å². The summed E-state index contributed by atoms with van der Waals surface area (Å²) < 4.78 is 15.5. The first-order chi connectivity index (χ1) is 8.90. The molecule has 0 spiro atoms. The molecule has 0 aliphatic heterocycles. The molecular weight excluding hydrogens is 286 g/mol. The minimum absolute atomic E-state index is 0.0364. The molecule has 1 N–H and O–H groups in total. The second-order valence-corrected chi connectivity index (χ2v) is 5.40. The maximum Gasteiger partial charge on any atom is 0.142 e. The average Bonchev–Trinajstić information content (AvgIpc) is 2.65. The van der Waals surface area contributed by atoms with Gasteiger partial charge in [-0.25, -0.2) is 4.39 Å². The normalized spacial score (nSPS) is 12.5. The Hall–Kier alpha value is -1.19. The molecule has 0 aliphatic carbocycles. The third-order valence-electron chi connectivity index (χ3n) is 3.10. The molecule has 1 atom stereocenters. The van der Waals surface area contributed by atoms with E-state index in [4.69, 9.17) is 23.2 Å². The van der Waals surface area contributed by atoms with Crippen LogP contribution in [0, 0.1) is 19.7 Å². The SMILES string of the molecule is Cc1ccc(C)n1NC(C)c1cc(F)c(Cl)cc1Cl. The largest absolute Gasteiger partial charge is 0.319 e. The highest BCUT2D eigenvalue weighted by atomic mass is 35.5. The number of nitrogens with zero attached hydrogens (tertiary/aromatic N) is 1. The van der Waals surface area contributed by atoms with E-state index >= 15 is 0 Å². The number of aryl methyl sites for hydroxylation is 2. The molecule has 1 heterocycles. The first-order valence-corrected chi connectivity index (χ1v) is 6.71. The van der Waals surface area contributed by atoms with E-state index in [1.807, 2.05) is 37.6 Å². The molecule has 102 valence electrons. The van der Waals surface area contributed by atoms with Crippen molar-refractivity contribution in [1.82, 2.24) is 4.68 Å². The summed E-state index contributed by atoms with van der Waals surface area (Å²) >= 11 is 11.8. The van der Waals surface area contributed by atoms with Gasteiger partial charge in [-0.05, 0) is 50.6 Å². The first-order valence-electron chi connectivity index (χ1n) is 5.96. The fourth-order valence-electron chi connectivity index (χ4n) is 2.01. The fourth-order valence-corrected chi connectivity index (χ4v) is 2.55. The summed E-state index contributed by atoms with van der Waals surface area (Å²) in [6.07, 6.45) is 0. The highest BCUT2D eigenvalue weighted by molar-refractivity contribution is 6.35. The molecular formula is C14H15Cl2FN2. The second-order valence-electron chi connectivity index (χ2n) is 4.59. The summed E-state index contributed by atoms with van der Waals surface area (Å²) in [6.45, 7) is 5.92. The number of halogens is 3. The van der Waals surface area contributed by atoms with Gasteiger partial charge in [0.05, 0.1) is 11.1 Å². The molecule has 0 fully saturated rings. The Kier molecular flexibility index (Phi) is 4.07. The summed E-state index contributed by atoms with van der Waals surface area (Å²) in [5, 5.41) is 0.489. The molecule has 0 amide bonds. The topological polar surface area (TPSA) is 17.0 Å². The minimum atomic E-state index is -0.462. The summed E-state index contributed by atoms with van der Waals surface area (Å²) in [5.74, 6) is -0.462. The third-order valence-corrected chi connectivity index (χ3v) is 3.72. The highest BCUT2D eigenvalue weighted by Gasteiger charge is 2.14. The lowest BCUT2D eigenvalue weighted by atomic mass is 10.1. The van der Waals surface area contributed by atoms with Gasteiger partial charge >= 0.3 is 0 Å². The second kappa shape index (κ2) is 5.43. The Labute approximate surface area is 122 Å². The van der Waals surface area contributed by atoms with Crippen LogP contribution in [0.25, 0.3) is 0 Å². The van der Waals surface area contributed by atoms with Crippen molar-refractivity contribution in [3.05, 3.63) is 57.1 Å². The number of rotatable bonds is 3. The molecule has 0 saturated heterocycles. The third kappa shape index (κ3) is 2.88. The van der Waals surface area contributed by atoms with Crippen molar-refractivity contribution in [1.29, 1.82) is 0 Å². The quantitative estimate of drug-likeness (QED) is 0.801. The molecule has 2 aromatic rings. The number of benzene rings is 1. The van der Waals surface area contributed by atoms with E-state index in [0.29, 0.717) is 10.6 Å². The molecule has 5 heteroatoms. The van der Waals surface area contributed by atoms with E-state index in [2.05, 4.69) is 5.43 Å². The standard InChI is InChI=1S/C14H15Cl2FN2/c1-8-4-5-9(2)19(8)18-10(3)11-6-14(17)13(16)7-12(11)15/h4-7,10,18H,1-3H3. The van der Waals surface area contributed by atoms with Crippen molar-refractivity contribution in [3.8, 4) is 0 Å². The summed E-state index contributed by atoms with van der Waals surface area (Å²) in [6, 6.07) is 6.69. The van der Waals surface area contributed by atoms with Gasteiger partial charge in [-0.2, -0.15) is 0 Å². The molecule has 2 nitrogen and oxygen atoms in total. The molecule has 1 unspecified atom stereocenters. The van der Waals surface area contributed by atoms with Gasteiger partial charge in [0.15, 0.2) is 0 Å². The number of hydrogen-bond donors (Lipinski definition) is 1. The molecule has 0 bridgehead atoms. The highest BCUT2D eigenvalue weighted by Crippen LogP contribution is 2.29. The van der Waals surface area contributed by atoms with Crippen LogP contribution in [0.15, 0.2) is 24.3 Å². The van der Waals surface area contributed by atoms with Gasteiger partial charge in [0.2, 0.25) is 0 Å². The summed E-state index contributed by atoms with van der Waals surface area (Å²) in [5.41, 5.74) is 6.12. The van der Waals surface area contributed by atoms with E-state index < -0.39 is 5.82 Å². The maximum absolute atomic E-state index is 13.5. The monoisotopic (exact) mass is 300 g/mol. The number of aromatic nitrogens is 1. The summed E-state index contributed by atoms with van der Waals surface area (Å²) in [4.78, 5) is 0. The Morgan fingerprint density at radius 1 is 1.11 bits per heavy atom. The molecule has 0 aliphatic rings. The van der Waals surface area contributed by atoms with E-state index in [1.165, 1.54) is 12.1 Å². The minimum Gasteiger partial charge on any atom is -0.319 e. The van der Waals surface area contributed by atoms with E-state index in [1.54, 1.807) is 0 Å². The van der Waals surface area contributed by atoms with Crippen LogP contribution in [0.3, 0.4) is 0 Å². The lowest BCUT2D eigenvalue weighted by molar-refractivity contribution is 0.620. The van der Waals surface area contributed by atoms with Crippen LogP contribution < -0.4 is 5.43 Å². The smallest absolute Gasteiger partial charge is 0.142 e. The number of nitrogens with one attached hydrogen (secondary N) is 1. The molecule has 1 aromatic heterocycles. The zero-order valence-corrected chi connectivity index (χ0v) is 12.5. The van der Waals surface area contributed by atoms with Crippen molar-refractivity contribution >= 4 is 23.2 Å². The van der Waals surface area contributed by atoms with Gasteiger partial charge in [-0.15, -0.1) is 0 Å². The lowest BCUT2D eigenvalue weighted by Crippen LogP contribution is -2.21. The number of hydrogen-bond acceptors (Lipinski definition) is 1. The van der Waals surface area contributed by atoms with Gasteiger partial charge in [0.1, 0.15) is 5.82 Å². The van der Waals surface area contributed by atoms with Gasteiger partial charge in [-0.3, -0.25) is 4.68 Å². The van der Waals surface area contributed by atoms with Gasteiger partial charge in [-0.1, -0.05) is 23.2 Å². The summed E-state index contributed by atoms with van der Waals surface area (Å²) in [7, 11) is 0. The van der Waals surface area contributed by atoms with Crippen LogP contribution in [0.4, 0.5) is 4.39 Å². The van der Waals surface area contributed by atoms with Crippen molar-refractivity contribution in [2.75, 3.05) is 5.43 Å². The Morgan fingerprint density at radius 3 is 2.26 bits per heavy atom. The molecule has 2 rings (SSSR count). The van der Waals surface area contributed by atoms with Crippen LogP contribution in [-0.4, -0.2) is 4.68 Å². The molecule has 0 saturated carbocycles. The van der Waals surface area contributed by atoms with Crippen LogP contribution in [0.1, 0.15) is 29.9 Å². The van der Waals surface area contributed by atoms with Crippen molar-refractivity contribution in [2.24, 2.45) is 0 Å². The average molecular weight is 301 g/mol. The molecule has 1 aromatic carbocycles.